The molecule has 3 rings (SSSR count). The molecule has 0 aromatic rings. The molecule has 1 spiro atoms. The van der Waals surface area contributed by atoms with E-state index in [1.165, 1.54) is 0 Å². The van der Waals surface area contributed by atoms with Gasteiger partial charge >= 0.3 is 5.97 Å². The molecule has 0 aromatic carbocycles. The minimum Gasteiger partial charge on any atom is -0.465 e. The van der Waals surface area contributed by atoms with E-state index < -0.39 is 41.1 Å². The number of amides is 2. The molecule has 226 valence electrons. The normalized spacial score (nSPS) is 31.4. The maximum Gasteiger partial charge on any atom is 0.312 e. The van der Waals surface area contributed by atoms with Crippen LogP contribution in [0.15, 0.2) is 25.3 Å². The molecule has 3 saturated heterocycles. The topological polar surface area (TPSA) is 96.4 Å². The Balaban J connectivity index is 2.04. The van der Waals surface area contributed by atoms with Gasteiger partial charge in [-0.15, -0.1) is 13.2 Å². The van der Waals surface area contributed by atoms with Crippen molar-refractivity contribution < 1.29 is 29.0 Å². The Kier molecular flexibility index (Phi) is 11.0. The lowest BCUT2D eigenvalue weighted by Gasteiger charge is -2.40. The minimum atomic E-state index is -1.15. The highest BCUT2D eigenvalue weighted by Crippen LogP contribution is 2.65. The fourth-order valence-electron chi connectivity index (χ4n) is 7.35. The van der Waals surface area contributed by atoms with Gasteiger partial charge in [0.15, 0.2) is 0 Å². The van der Waals surface area contributed by atoms with Gasteiger partial charge in [0, 0.05) is 13.1 Å². The monoisotopic (exact) mass is 560 g/mol. The summed E-state index contributed by atoms with van der Waals surface area (Å²) in [5, 5.41) is 10.5. The summed E-state index contributed by atoms with van der Waals surface area (Å²) in [6.07, 6.45) is 9.86. The van der Waals surface area contributed by atoms with Crippen LogP contribution in [0.5, 0.6) is 0 Å². The van der Waals surface area contributed by atoms with Gasteiger partial charge in [-0.25, -0.2) is 0 Å². The second-order valence-corrected chi connectivity index (χ2v) is 12.6. The van der Waals surface area contributed by atoms with Gasteiger partial charge in [-0.2, -0.15) is 0 Å². The van der Waals surface area contributed by atoms with Crippen molar-refractivity contribution in [2.45, 2.75) is 109 Å². The van der Waals surface area contributed by atoms with Crippen LogP contribution in [0.3, 0.4) is 0 Å². The van der Waals surface area contributed by atoms with Crippen LogP contribution in [-0.4, -0.2) is 82.3 Å². The van der Waals surface area contributed by atoms with E-state index >= 15 is 0 Å². The van der Waals surface area contributed by atoms with Gasteiger partial charge in [0.25, 0.3) is 0 Å². The largest absolute Gasteiger partial charge is 0.465 e. The molecular weight excluding hydrogens is 508 g/mol. The van der Waals surface area contributed by atoms with Crippen LogP contribution in [0.4, 0.5) is 0 Å². The predicted molar refractivity (Wildman–Crippen MR) is 155 cm³/mol. The van der Waals surface area contributed by atoms with Crippen LogP contribution in [-0.2, 0) is 23.9 Å². The third-order valence-corrected chi connectivity index (χ3v) is 9.33. The number of allylic oxidation sites excluding steroid dienone is 1. The van der Waals surface area contributed by atoms with Crippen molar-refractivity contribution in [2.24, 2.45) is 23.7 Å². The Bertz CT molecular complexity index is 936. The summed E-state index contributed by atoms with van der Waals surface area (Å²) in [7, 11) is 0. The van der Waals surface area contributed by atoms with Gasteiger partial charge in [0.05, 0.1) is 30.8 Å². The second-order valence-electron chi connectivity index (χ2n) is 12.6. The zero-order chi connectivity index (χ0) is 29.7. The molecule has 3 fully saturated rings. The summed E-state index contributed by atoms with van der Waals surface area (Å²) in [6.45, 7) is 18.6. The number of carbonyl (C=O) groups excluding carboxylic acids is 3. The summed E-state index contributed by atoms with van der Waals surface area (Å²) < 4.78 is 12.6. The van der Waals surface area contributed by atoms with Crippen LogP contribution in [0.25, 0.3) is 0 Å². The molecule has 3 aliphatic rings. The summed E-state index contributed by atoms with van der Waals surface area (Å²) in [4.78, 5) is 45.9. The first-order valence-electron chi connectivity index (χ1n) is 15.3. The molecule has 0 radical (unpaired) electrons. The number of likely N-dealkylation sites (tertiary alicyclic amines) is 1. The van der Waals surface area contributed by atoms with Crippen molar-refractivity contribution in [3.63, 3.8) is 0 Å². The molecule has 0 aliphatic carbocycles. The lowest BCUT2D eigenvalue weighted by molar-refractivity contribution is -0.164. The van der Waals surface area contributed by atoms with E-state index in [2.05, 4.69) is 20.1 Å². The summed E-state index contributed by atoms with van der Waals surface area (Å²) in [5.74, 6) is -2.41. The molecule has 2 amide bonds. The maximum absolute atomic E-state index is 14.5. The van der Waals surface area contributed by atoms with Gasteiger partial charge in [0.1, 0.15) is 17.6 Å². The Hall–Kier alpha value is -2.19. The van der Waals surface area contributed by atoms with E-state index in [0.717, 1.165) is 32.1 Å². The summed E-state index contributed by atoms with van der Waals surface area (Å²) in [6, 6.07) is -1.47. The van der Waals surface area contributed by atoms with Crippen molar-refractivity contribution >= 4 is 17.8 Å². The average Bonchev–Trinajstić information content (AvgIpc) is 3.42. The number of rotatable bonds is 17. The molecule has 8 heteroatoms. The highest BCUT2D eigenvalue weighted by Gasteiger charge is 2.80. The van der Waals surface area contributed by atoms with Crippen molar-refractivity contribution in [1.82, 2.24) is 9.80 Å². The molecule has 3 unspecified atom stereocenters. The smallest absolute Gasteiger partial charge is 0.312 e. The third kappa shape index (κ3) is 5.89. The zero-order valence-electron chi connectivity index (χ0n) is 25.4. The number of ether oxygens (including phenoxy) is 2. The van der Waals surface area contributed by atoms with E-state index in [4.69, 9.17) is 9.47 Å². The van der Waals surface area contributed by atoms with Crippen LogP contribution in [0, 0.1) is 23.7 Å². The van der Waals surface area contributed by atoms with Crippen molar-refractivity contribution in [3.8, 4) is 0 Å². The van der Waals surface area contributed by atoms with E-state index in [1.807, 2.05) is 33.8 Å². The highest BCUT2D eigenvalue weighted by molar-refractivity contribution is 5.98. The number of fused-ring (bicyclic) bond motifs is 1. The predicted octanol–water partition coefficient (Wildman–Crippen LogP) is 4.51. The zero-order valence-corrected chi connectivity index (χ0v) is 25.4. The quantitative estimate of drug-likeness (QED) is 0.160. The van der Waals surface area contributed by atoms with E-state index in [9.17, 15) is 19.5 Å². The van der Waals surface area contributed by atoms with Gasteiger partial charge < -0.3 is 24.4 Å². The van der Waals surface area contributed by atoms with Crippen molar-refractivity contribution in [2.75, 3.05) is 26.3 Å². The second kappa shape index (κ2) is 13.6. The van der Waals surface area contributed by atoms with Crippen molar-refractivity contribution in [3.05, 3.63) is 25.3 Å². The lowest BCUT2D eigenvalue weighted by Crippen LogP contribution is -2.59. The van der Waals surface area contributed by atoms with Crippen LogP contribution < -0.4 is 0 Å². The van der Waals surface area contributed by atoms with E-state index in [1.54, 1.807) is 15.9 Å². The number of hydrogen-bond donors (Lipinski definition) is 1. The Morgan fingerprint density at radius 3 is 2.55 bits per heavy atom. The maximum atomic E-state index is 14.5. The Labute approximate surface area is 241 Å². The standard InChI is InChI=1S/C32H52N2O6/c1-8-11-13-15-18-39-30(38)26-25-28(36)34(24(21-35)19-22(4)5)27(32(25)20-23(6)31(26,7)40-32)29(37)33(16-10-3)17-14-12-9-2/h8,10,22-27,35H,1,3,9,11-21H2,2,4-7H3/t23?,24-,25+,26+,27?,31-,32?/m1/s1. The fraction of sp³-hybridized carbons (Fsp3) is 0.781. The minimum absolute atomic E-state index is 0.0595. The molecule has 3 aliphatic heterocycles. The molecule has 2 bridgehead atoms. The number of hydrogen-bond acceptors (Lipinski definition) is 6. The summed E-state index contributed by atoms with van der Waals surface area (Å²) in [5.41, 5.74) is -2.06. The molecule has 1 N–H and O–H groups in total. The average molecular weight is 561 g/mol. The molecule has 8 nitrogen and oxygen atoms in total. The van der Waals surface area contributed by atoms with Crippen molar-refractivity contribution in [1.29, 1.82) is 0 Å². The first-order chi connectivity index (χ1) is 19.0. The molecular formula is C32H52N2O6. The number of unbranched alkanes of at least 4 members (excludes halogenated alkanes) is 4. The van der Waals surface area contributed by atoms with Crippen LogP contribution in [0.1, 0.15) is 86.0 Å². The molecule has 7 atom stereocenters. The Morgan fingerprint density at radius 2 is 1.95 bits per heavy atom. The number of aliphatic hydroxyl groups is 1. The summed E-state index contributed by atoms with van der Waals surface area (Å²) >= 11 is 0. The highest BCUT2D eigenvalue weighted by atomic mass is 16.6. The number of aliphatic hydroxyl groups excluding tert-OH is 1. The lowest BCUT2D eigenvalue weighted by atomic mass is 9.62. The molecule has 3 heterocycles. The van der Waals surface area contributed by atoms with Gasteiger partial charge in [-0.3, -0.25) is 14.4 Å². The molecule has 0 saturated carbocycles. The van der Waals surface area contributed by atoms with E-state index in [0.29, 0.717) is 32.4 Å². The molecule has 40 heavy (non-hydrogen) atoms. The number of carbonyl (C=O) groups is 3. The van der Waals surface area contributed by atoms with Gasteiger partial charge in [0.2, 0.25) is 11.8 Å². The Morgan fingerprint density at radius 1 is 1.23 bits per heavy atom. The first-order valence-corrected chi connectivity index (χ1v) is 15.3. The van der Waals surface area contributed by atoms with Crippen LogP contribution in [0.2, 0.25) is 0 Å². The first kappa shape index (κ1) is 32.3. The van der Waals surface area contributed by atoms with Gasteiger partial charge in [-0.1, -0.05) is 52.7 Å². The SMILES string of the molecule is C=CCCCCOC(=O)[C@@H]1[C@H]2C(=O)N([C@@H](CO)CC(C)C)C(C(=O)N(CC=C)CCCCC)C23CC(C)[C@@]1(C)O3. The number of nitrogens with zero attached hydrogens (tertiary/aromatic N) is 2. The molecule has 0 aromatic heterocycles. The fourth-order valence-corrected chi connectivity index (χ4v) is 7.35. The number of esters is 1. The van der Waals surface area contributed by atoms with Crippen LogP contribution >= 0.6 is 0 Å². The van der Waals surface area contributed by atoms with E-state index in [-0.39, 0.29) is 36.9 Å². The van der Waals surface area contributed by atoms with Gasteiger partial charge in [-0.05, 0) is 57.3 Å². The third-order valence-electron chi connectivity index (χ3n) is 9.33.